The highest BCUT2D eigenvalue weighted by molar-refractivity contribution is 9.09. The van der Waals surface area contributed by atoms with Crippen LogP contribution in [0.1, 0.15) is 127 Å². The number of benzene rings is 5. The second-order valence-corrected chi connectivity index (χ2v) is 26.5. The third kappa shape index (κ3) is 27.8. The van der Waals surface area contributed by atoms with Crippen LogP contribution in [-0.4, -0.2) is 124 Å². The molecule has 2 fully saturated rings. The van der Waals surface area contributed by atoms with E-state index in [4.69, 9.17) is 86.9 Å². The Bertz CT molecular complexity index is 3590. The zero-order chi connectivity index (χ0) is 70.6. The van der Waals surface area contributed by atoms with Crippen molar-refractivity contribution in [1.29, 1.82) is 0 Å². The van der Waals surface area contributed by atoms with Gasteiger partial charge in [0.1, 0.15) is 51.8 Å². The van der Waals surface area contributed by atoms with Crippen LogP contribution in [0.4, 0.5) is 0 Å². The number of carbonyl (C=O) groups excluding carboxylic acids is 1. The zero-order valence-corrected chi connectivity index (χ0v) is 64.5. The standard InChI is InChI=1S/C24H35N3O2.C14H15Br2NO2.C14H15BrClNO2.C14H16ClNO2.C10H12ClNO2/c1-20-23(19-27-15-6-3-7-16-27)25-24(29-20)21-9-11-22(12-10-21)28-18-8-17-26-13-4-2-5-14-26;1-10-13(9-16)17-14(19-10)11-3-5-12(6-4-11)18-8-2-7-15;1-10-13(9-15)17-14(19-10)11-3-5-12(6-4-11)18-8-2-7-16;1-10-11(2)18-14(16-10)12-4-6-13(7-5-12)17-9-3-8-15;11-6-1-7-14-9-4-2-8(3-5-9)10(12)13/h9-12H,2-8,13-19H2,1H3;2*3-6H,2,7-9H2,1H3;4-7H,3,8-9H2,1-2H3;2-5H,1,6-7H2,(H2,12,13). The van der Waals surface area contributed by atoms with E-state index in [-0.39, 0.29) is 0 Å². The van der Waals surface area contributed by atoms with E-state index in [1.807, 2.05) is 120 Å². The van der Waals surface area contributed by atoms with Gasteiger partial charge in [0.25, 0.3) is 0 Å². The van der Waals surface area contributed by atoms with E-state index in [2.05, 4.69) is 84.7 Å². The van der Waals surface area contributed by atoms with Gasteiger partial charge in [-0.05, 0) is 240 Å². The number of oxazole rings is 4. The van der Waals surface area contributed by atoms with Gasteiger partial charge in [-0.25, -0.2) is 19.9 Å². The number of amides is 1. The van der Waals surface area contributed by atoms with Gasteiger partial charge in [-0.15, -0.1) is 34.8 Å². The maximum absolute atomic E-state index is 10.7. The van der Waals surface area contributed by atoms with Crippen molar-refractivity contribution in [1.82, 2.24) is 29.7 Å². The van der Waals surface area contributed by atoms with Gasteiger partial charge in [0.05, 0.1) is 55.8 Å². The first-order chi connectivity index (χ1) is 48.2. The average molecular weight is 1610 g/mol. The Morgan fingerprint density at radius 3 is 1.05 bits per heavy atom. The summed E-state index contributed by atoms with van der Waals surface area (Å²) in [6.45, 7) is 19.9. The van der Waals surface area contributed by atoms with Crippen molar-refractivity contribution in [2.24, 2.45) is 5.73 Å². The minimum absolute atomic E-state index is 0.433. The van der Waals surface area contributed by atoms with Gasteiger partial charge < -0.3 is 52.0 Å². The number of ether oxygens (including phenoxy) is 5. The molecule has 17 nitrogen and oxygen atoms in total. The van der Waals surface area contributed by atoms with E-state index in [9.17, 15) is 4.79 Å². The van der Waals surface area contributed by atoms with Crippen LogP contribution in [0.3, 0.4) is 0 Å². The number of nitrogens with two attached hydrogens (primary N) is 1. The van der Waals surface area contributed by atoms with Crippen molar-refractivity contribution >= 4 is 88.5 Å². The first-order valence-corrected chi connectivity index (χ1v) is 38.8. The predicted molar refractivity (Wildman–Crippen MR) is 408 cm³/mol. The van der Waals surface area contributed by atoms with Crippen LogP contribution in [0.15, 0.2) is 139 Å². The number of halogens is 6. The summed E-state index contributed by atoms with van der Waals surface area (Å²) in [6.07, 6.45) is 12.6. The molecular weight excluding hydrogens is 1520 g/mol. The predicted octanol–water partition coefficient (Wildman–Crippen LogP) is 19.9. The number of alkyl halides is 6. The van der Waals surface area contributed by atoms with E-state index in [1.165, 1.54) is 64.7 Å². The van der Waals surface area contributed by atoms with Crippen LogP contribution < -0.4 is 29.4 Å². The fourth-order valence-electron chi connectivity index (χ4n) is 10.1. The zero-order valence-electron chi connectivity index (χ0n) is 57.5. The van der Waals surface area contributed by atoms with Gasteiger partial charge >= 0.3 is 0 Å². The van der Waals surface area contributed by atoms with Gasteiger partial charge in [-0.1, -0.05) is 60.6 Å². The maximum Gasteiger partial charge on any atom is 0.248 e. The summed E-state index contributed by atoms with van der Waals surface area (Å²) in [5.41, 5.74) is 13.3. The van der Waals surface area contributed by atoms with Crippen molar-refractivity contribution in [3.8, 4) is 74.6 Å². The molecule has 1 amide bonds. The molecule has 2 aliphatic rings. The summed E-state index contributed by atoms with van der Waals surface area (Å²) in [6, 6.07) is 38.1. The molecule has 0 saturated carbocycles. The minimum Gasteiger partial charge on any atom is -0.494 e. The Balaban J connectivity index is 0.000000178. The number of piperidine rings is 2. The third-order valence-electron chi connectivity index (χ3n) is 15.8. The molecule has 0 radical (unpaired) electrons. The largest absolute Gasteiger partial charge is 0.494 e. The molecule has 2 aliphatic heterocycles. The second-order valence-electron chi connectivity index (χ2n) is 23.5. The molecule has 534 valence electrons. The lowest BCUT2D eigenvalue weighted by Gasteiger charge is -2.26. The monoisotopic (exact) mass is 1610 g/mol. The molecule has 23 heteroatoms. The number of nitrogens with zero attached hydrogens (tertiary/aromatic N) is 6. The van der Waals surface area contributed by atoms with Crippen molar-refractivity contribution < 1.29 is 46.1 Å². The smallest absolute Gasteiger partial charge is 0.248 e. The van der Waals surface area contributed by atoms with Gasteiger partial charge in [0.15, 0.2) is 0 Å². The first-order valence-electron chi connectivity index (χ1n) is 33.8. The van der Waals surface area contributed by atoms with E-state index >= 15 is 0 Å². The third-order valence-corrected chi connectivity index (χ3v) is 18.3. The number of aromatic nitrogens is 4. The quantitative estimate of drug-likeness (QED) is 0.0329. The summed E-state index contributed by atoms with van der Waals surface area (Å²) in [7, 11) is 0. The van der Waals surface area contributed by atoms with Crippen LogP contribution >= 0.6 is 82.6 Å². The number of carbonyl (C=O) groups is 1. The minimum atomic E-state index is -0.433. The summed E-state index contributed by atoms with van der Waals surface area (Å²) >= 11 is 26.8. The molecular formula is C76H93Br3Cl3N7O10. The van der Waals surface area contributed by atoms with E-state index in [1.54, 1.807) is 24.3 Å². The van der Waals surface area contributed by atoms with Gasteiger partial charge in [-0.3, -0.25) is 9.69 Å². The van der Waals surface area contributed by atoms with Crippen LogP contribution in [0.2, 0.25) is 0 Å². The summed E-state index contributed by atoms with van der Waals surface area (Å²) in [5.74, 6) is 11.7. The normalized spacial score (nSPS) is 12.9. The van der Waals surface area contributed by atoms with E-state index in [0.29, 0.717) is 77.2 Å². The lowest BCUT2D eigenvalue weighted by Crippen LogP contribution is -2.31. The molecule has 0 unspecified atom stereocenters. The molecule has 9 aromatic rings. The maximum atomic E-state index is 10.7. The molecule has 2 saturated heterocycles. The molecule has 0 spiro atoms. The summed E-state index contributed by atoms with van der Waals surface area (Å²) in [4.78, 5) is 33.8. The Kier molecular flexibility index (Phi) is 36.2. The van der Waals surface area contributed by atoms with E-state index < -0.39 is 5.91 Å². The Morgan fingerprint density at radius 2 is 0.727 bits per heavy atom. The number of rotatable bonds is 30. The fraction of sp³-hybridized carbons (Fsp3) is 0.434. The number of hydrogen-bond acceptors (Lipinski definition) is 16. The molecule has 0 aliphatic carbocycles. The highest BCUT2D eigenvalue weighted by Crippen LogP contribution is 2.30. The SMILES string of the molecule is Cc1nc(-c2ccc(OCCCCl)cc2)oc1C.Cc1oc(-c2ccc(OCCCBr)cc2)nc1CBr.Cc1oc(-c2ccc(OCCCCl)cc2)nc1CBr.Cc1oc(-c2ccc(OCCCN3CCCCC3)cc2)nc1CN1CCCCC1.NC(=O)c1ccc(OCCCCl)cc1. The highest BCUT2D eigenvalue weighted by atomic mass is 79.9. The fourth-order valence-corrected chi connectivity index (χ4v) is 11.7. The molecule has 5 aromatic carbocycles. The average Bonchev–Trinajstić information content (AvgIpc) is 1.77. The number of hydrogen-bond donors (Lipinski definition) is 1. The van der Waals surface area contributed by atoms with Crippen molar-refractivity contribution in [2.75, 3.05) is 88.7 Å². The summed E-state index contributed by atoms with van der Waals surface area (Å²) < 4.78 is 50.8. The van der Waals surface area contributed by atoms with Gasteiger partial charge in [0, 0.05) is 74.5 Å². The first kappa shape index (κ1) is 80.0. The van der Waals surface area contributed by atoms with Crippen molar-refractivity contribution in [3.63, 3.8) is 0 Å². The van der Waals surface area contributed by atoms with Gasteiger partial charge in [0.2, 0.25) is 29.5 Å². The Labute approximate surface area is 623 Å². The van der Waals surface area contributed by atoms with Crippen LogP contribution in [0.25, 0.3) is 45.8 Å². The Morgan fingerprint density at radius 1 is 0.414 bits per heavy atom. The highest BCUT2D eigenvalue weighted by Gasteiger charge is 2.18. The number of aryl methyl sites for hydroxylation is 5. The molecule has 0 atom stereocenters. The topological polar surface area (TPSA) is 200 Å². The molecule has 4 aromatic heterocycles. The lowest BCUT2D eigenvalue weighted by molar-refractivity contribution is 0.1000. The molecule has 2 N–H and O–H groups in total. The number of primary amides is 1. The Hall–Kier alpha value is -6.36. The van der Waals surface area contributed by atoms with Crippen LogP contribution in [-0.2, 0) is 17.2 Å². The van der Waals surface area contributed by atoms with Crippen molar-refractivity contribution in [3.05, 3.63) is 173 Å². The molecule has 11 rings (SSSR count). The molecule has 0 bridgehead atoms. The summed E-state index contributed by atoms with van der Waals surface area (Å²) in [5, 5.41) is 2.36. The van der Waals surface area contributed by atoms with Gasteiger partial charge in [-0.2, -0.15) is 0 Å². The number of likely N-dealkylation sites (tertiary alicyclic amines) is 2. The lowest BCUT2D eigenvalue weighted by atomic mass is 10.1. The van der Waals surface area contributed by atoms with Crippen LogP contribution in [0, 0.1) is 34.6 Å². The van der Waals surface area contributed by atoms with Crippen LogP contribution in [0.5, 0.6) is 28.7 Å². The van der Waals surface area contributed by atoms with Crippen molar-refractivity contribution in [2.45, 2.75) is 122 Å². The molecule has 6 heterocycles. The van der Waals surface area contributed by atoms with E-state index in [0.717, 1.165) is 161 Å². The second kappa shape index (κ2) is 44.8. The molecule has 99 heavy (non-hydrogen) atoms.